The van der Waals surface area contributed by atoms with E-state index in [1.165, 1.54) is 16.7 Å². The zero-order valence-corrected chi connectivity index (χ0v) is 11.9. The van der Waals surface area contributed by atoms with Crippen LogP contribution in [0.1, 0.15) is 12.5 Å². The van der Waals surface area contributed by atoms with Gasteiger partial charge in [-0.25, -0.2) is 0 Å². The van der Waals surface area contributed by atoms with E-state index in [0.717, 1.165) is 17.8 Å². The van der Waals surface area contributed by atoms with Crippen molar-refractivity contribution in [3.63, 3.8) is 0 Å². The molecular weight excluding hydrogens is 267 g/mol. The van der Waals surface area contributed by atoms with Crippen molar-refractivity contribution in [3.8, 4) is 11.1 Å². The van der Waals surface area contributed by atoms with Gasteiger partial charge in [0.1, 0.15) is 0 Å². The fourth-order valence-electron chi connectivity index (χ4n) is 1.85. The van der Waals surface area contributed by atoms with Gasteiger partial charge in [-0.05, 0) is 47.4 Å². The van der Waals surface area contributed by atoms with Crippen molar-refractivity contribution in [2.45, 2.75) is 13.3 Å². The van der Waals surface area contributed by atoms with Crippen molar-refractivity contribution < 1.29 is 0 Å². The standard InChI is InChI=1S/C14H16N2.2ClH/c1-2-10-9-13(16)7-8-14(10)11-3-5-12(15)6-4-11;;/h3-9H,2,15-16H2,1H3;2*1H. The third kappa shape index (κ3) is 3.56. The number of hydrogen-bond donors (Lipinski definition) is 2. The van der Waals surface area contributed by atoms with Gasteiger partial charge >= 0.3 is 0 Å². The maximum atomic E-state index is 5.79. The minimum absolute atomic E-state index is 0. The molecule has 4 heteroatoms. The normalized spacial score (nSPS) is 9.17. The Bertz CT molecular complexity index is 496. The van der Waals surface area contributed by atoms with Crippen LogP contribution in [0, 0.1) is 0 Å². The zero-order valence-electron chi connectivity index (χ0n) is 10.2. The molecule has 0 aliphatic heterocycles. The third-order valence-electron chi connectivity index (χ3n) is 2.73. The molecule has 0 heterocycles. The van der Waals surface area contributed by atoms with Crippen molar-refractivity contribution >= 4 is 36.2 Å². The van der Waals surface area contributed by atoms with Gasteiger partial charge in [0.2, 0.25) is 0 Å². The summed E-state index contributed by atoms with van der Waals surface area (Å²) in [6, 6.07) is 14.0. The lowest BCUT2D eigenvalue weighted by Gasteiger charge is -2.09. The molecule has 0 aliphatic carbocycles. The molecule has 0 spiro atoms. The number of nitrogens with two attached hydrogens (primary N) is 2. The van der Waals surface area contributed by atoms with Crippen LogP contribution >= 0.6 is 24.8 Å². The van der Waals surface area contributed by atoms with Crippen molar-refractivity contribution in [1.82, 2.24) is 0 Å². The number of hydrogen-bond acceptors (Lipinski definition) is 2. The highest BCUT2D eigenvalue weighted by Crippen LogP contribution is 2.26. The van der Waals surface area contributed by atoms with Crippen LogP contribution in [0.3, 0.4) is 0 Å². The van der Waals surface area contributed by atoms with E-state index in [1.54, 1.807) is 0 Å². The second-order valence-electron chi connectivity index (χ2n) is 3.89. The predicted molar refractivity (Wildman–Crippen MR) is 84.6 cm³/mol. The summed E-state index contributed by atoms with van der Waals surface area (Å²) in [5.41, 5.74) is 16.8. The summed E-state index contributed by atoms with van der Waals surface area (Å²) in [7, 11) is 0. The van der Waals surface area contributed by atoms with E-state index >= 15 is 0 Å². The van der Waals surface area contributed by atoms with Crippen molar-refractivity contribution in [3.05, 3.63) is 48.0 Å². The smallest absolute Gasteiger partial charge is 0.0317 e. The molecule has 0 aromatic heterocycles. The van der Waals surface area contributed by atoms with Gasteiger partial charge in [-0.3, -0.25) is 0 Å². The number of anilines is 2. The van der Waals surface area contributed by atoms with Gasteiger partial charge in [0.05, 0.1) is 0 Å². The molecule has 98 valence electrons. The summed E-state index contributed by atoms with van der Waals surface area (Å²) < 4.78 is 0. The first-order valence-corrected chi connectivity index (χ1v) is 5.45. The summed E-state index contributed by atoms with van der Waals surface area (Å²) in [6.07, 6.45) is 0.977. The molecule has 0 amide bonds. The first-order chi connectivity index (χ1) is 7.70. The van der Waals surface area contributed by atoms with Crippen LogP contribution < -0.4 is 11.5 Å². The topological polar surface area (TPSA) is 52.0 Å². The molecule has 0 saturated carbocycles. The largest absolute Gasteiger partial charge is 0.399 e. The highest BCUT2D eigenvalue weighted by Gasteiger charge is 2.03. The molecule has 0 saturated heterocycles. The van der Waals surface area contributed by atoms with E-state index in [0.29, 0.717) is 0 Å². The van der Waals surface area contributed by atoms with Crippen molar-refractivity contribution in [2.24, 2.45) is 0 Å². The lowest BCUT2D eigenvalue weighted by atomic mass is 9.97. The Kier molecular flexibility index (Phi) is 6.60. The quantitative estimate of drug-likeness (QED) is 0.821. The highest BCUT2D eigenvalue weighted by molar-refractivity contribution is 5.85. The number of benzene rings is 2. The Labute approximate surface area is 120 Å². The molecule has 0 aliphatic rings. The summed E-state index contributed by atoms with van der Waals surface area (Å²) in [6.45, 7) is 2.13. The monoisotopic (exact) mass is 284 g/mol. The number of rotatable bonds is 2. The summed E-state index contributed by atoms with van der Waals surface area (Å²) in [5, 5.41) is 0. The van der Waals surface area contributed by atoms with Gasteiger partial charge in [-0.2, -0.15) is 0 Å². The predicted octanol–water partition coefficient (Wildman–Crippen LogP) is 3.92. The minimum Gasteiger partial charge on any atom is -0.399 e. The molecule has 0 atom stereocenters. The van der Waals surface area contributed by atoms with Crippen molar-refractivity contribution in [2.75, 3.05) is 11.5 Å². The van der Waals surface area contributed by atoms with Crippen LogP contribution in [-0.4, -0.2) is 0 Å². The number of nitrogen functional groups attached to an aromatic ring is 2. The maximum Gasteiger partial charge on any atom is 0.0317 e. The van der Waals surface area contributed by atoms with Crippen LogP contribution in [0.4, 0.5) is 11.4 Å². The summed E-state index contributed by atoms with van der Waals surface area (Å²) >= 11 is 0. The van der Waals surface area contributed by atoms with Gasteiger partial charge in [-0.15, -0.1) is 24.8 Å². The van der Waals surface area contributed by atoms with E-state index in [1.807, 2.05) is 36.4 Å². The third-order valence-corrected chi connectivity index (χ3v) is 2.73. The Morgan fingerprint density at radius 3 is 1.94 bits per heavy atom. The highest BCUT2D eigenvalue weighted by atomic mass is 35.5. The Balaban J connectivity index is 0.00000144. The molecule has 0 bridgehead atoms. The fraction of sp³-hybridized carbons (Fsp3) is 0.143. The summed E-state index contributed by atoms with van der Waals surface area (Å²) in [4.78, 5) is 0. The van der Waals surface area contributed by atoms with E-state index in [9.17, 15) is 0 Å². The Morgan fingerprint density at radius 2 is 1.39 bits per heavy atom. The van der Waals surface area contributed by atoms with Gasteiger partial charge < -0.3 is 11.5 Å². The van der Waals surface area contributed by atoms with Gasteiger partial charge in [-0.1, -0.05) is 25.1 Å². The SMILES string of the molecule is CCc1cc(N)ccc1-c1ccc(N)cc1.Cl.Cl. The van der Waals surface area contributed by atoms with Gasteiger partial charge in [0.15, 0.2) is 0 Å². The molecule has 2 aromatic rings. The molecule has 2 rings (SSSR count). The van der Waals surface area contributed by atoms with Crippen LogP contribution in [0.2, 0.25) is 0 Å². The van der Waals surface area contributed by atoms with Gasteiger partial charge in [0.25, 0.3) is 0 Å². The fourth-order valence-corrected chi connectivity index (χ4v) is 1.85. The Hall–Kier alpha value is -1.38. The van der Waals surface area contributed by atoms with E-state index < -0.39 is 0 Å². The number of aryl methyl sites for hydroxylation is 1. The molecule has 2 aromatic carbocycles. The first-order valence-electron chi connectivity index (χ1n) is 5.45. The maximum absolute atomic E-state index is 5.79. The van der Waals surface area contributed by atoms with Crippen LogP contribution in [0.5, 0.6) is 0 Å². The lowest BCUT2D eigenvalue weighted by molar-refractivity contribution is 1.14. The Morgan fingerprint density at radius 1 is 0.833 bits per heavy atom. The van der Waals surface area contributed by atoms with Gasteiger partial charge in [0, 0.05) is 11.4 Å². The lowest BCUT2D eigenvalue weighted by Crippen LogP contribution is -1.92. The molecule has 18 heavy (non-hydrogen) atoms. The molecule has 2 nitrogen and oxygen atoms in total. The second-order valence-corrected chi connectivity index (χ2v) is 3.89. The van der Waals surface area contributed by atoms with E-state index in [4.69, 9.17) is 11.5 Å². The minimum atomic E-state index is 0. The average molecular weight is 285 g/mol. The van der Waals surface area contributed by atoms with Crippen LogP contribution in [-0.2, 0) is 6.42 Å². The molecule has 0 unspecified atom stereocenters. The average Bonchev–Trinajstić information content (AvgIpc) is 2.30. The van der Waals surface area contributed by atoms with Crippen LogP contribution in [0.15, 0.2) is 42.5 Å². The van der Waals surface area contributed by atoms with E-state index in [-0.39, 0.29) is 24.8 Å². The zero-order chi connectivity index (χ0) is 11.5. The van der Waals surface area contributed by atoms with E-state index in [2.05, 4.69) is 13.0 Å². The molecular formula is C14H18Cl2N2. The first kappa shape index (κ1) is 16.6. The second kappa shape index (κ2) is 7.14. The summed E-state index contributed by atoms with van der Waals surface area (Å²) in [5.74, 6) is 0. The number of halogens is 2. The van der Waals surface area contributed by atoms with Crippen LogP contribution in [0.25, 0.3) is 11.1 Å². The molecule has 4 N–H and O–H groups in total. The van der Waals surface area contributed by atoms with Crippen molar-refractivity contribution in [1.29, 1.82) is 0 Å². The molecule has 0 radical (unpaired) electrons. The molecule has 0 fully saturated rings.